The number of carboxylic acid groups (broad SMARTS) is 1. The quantitative estimate of drug-likeness (QED) is 0.689. The minimum atomic E-state index is -0.890. The maximum absolute atomic E-state index is 12.6. The molecule has 0 saturated heterocycles. The summed E-state index contributed by atoms with van der Waals surface area (Å²) < 4.78 is 12.6. The second kappa shape index (κ2) is 7.86. The van der Waals surface area contributed by atoms with Crippen molar-refractivity contribution in [3.05, 3.63) is 41.8 Å². The van der Waals surface area contributed by atoms with Crippen LogP contribution in [0.25, 0.3) is 6.08 Å². The Labute approximate surface area is 110 Å². The molecule has 1 aromatic carbocycles. The van der Waals surface area contributed by atoms with E-state index in [1.54, 1.807) is 18.2 Å². The largest absolute Gasteiger partial charge is 0.481 e. The third-order valence-electron chi connectivity index (χ3n) is 2.21. The molecule has 3 N–H and O–H groups in total. The summed E-state index contributed by atoms with van der Waals surface area (Å²) in [5.41, 5.74) is 0.757. The van der Waals surface area contributed by atoms with Gasteiger partial charge < -0.3 is 15.7 Å². The third kappa shape index (κ3) is 6.82. The molecule has 2 amide bonds. The van der Waals surface area contributed by atoms with Gasteiger partial charge in [0.05, 0.1) is 0 Å². The average Bonchev–Trinajstić information content (AvgIpc) is 2.37. The number of carboxylic acids is 1. The molecule has 0 saturated carbocycles. The van der Waals surface area contributed by atoms with Gasteiger partial charge in [-0.3, -0.25) is 4.79 Å². The Balaban J connectivity index is 2.22. The minimum absolute atomic E-state index is 0.0195. The van der Waals surface area contributed by atoms with Gasteiger partial charge in [0.2, 0.25) is 0 Å². The fourth-order valence-electron chi connectivity index (χ4n) is 1.28. The van der Waals surface area contributed by atoms with Crippen LogP contribution in [0.3, 0.4) is 0 Å². The number of hydrogen-bond donors (Lipinski definition) is 3. The zero-order valence-electron chi connectivity index (χ0n) is 10.2. The highest BCUT2D eigenvalue weighted by Crippen LogP contribution is 2.03. The van der Waals surface area contributed by atoms with Gasteiger partial charge in [-0.1, -0.05) is 12.1 Å². The molecular formula is C13H15FN2O3. The molecule has 0 aliphatic carbocycles. The average molecular weight is 266 g/mol. The second-order valence-corrected chi connectivity index (χ2v) is 3.78. The summed E-state index contributed by atoms with van der Waals surface area (Å²) in [6, 6.07) is 5.40. The number of amides is 2. The molecular weight excluding hydrogens is 251 g/mol. The number of nitrogens with one attached hydrogen (secondary N) is 2. The molecule has 19 heavy (non-hydrogen) atoms. The highest BCUT2D eigenvalue weighted by molar-refractivity contribution is 5.75. The lowest BCUT2D eigenvalue weighted by Crippen LogP contribution is -2.32. The van der Waals surface area contributed by atoms with E-state index < -0.39 is 12.0 Å². The number of urea groups is 1. The summed E-state index contributed by atoms with van der Waals surface area (Å²) in [5, 5.41) is 13.4. The highest BCUT2D eigenvalue weighted by Gasteiger charge is 1.99. The van der Waals surface area contributed by atoms with Gasteiger partial charge in [-0.05, 0) is 30.2 Å². The van der Waals surface area contributed by atoms with Gasteiger partial charge in [0.15, 0.2) is 0 Å². The zero-order valence-corrected chi connectivity index (χ0v) is 10.2. The van der Waals surface area contributed by atoms with E-state index in [0.717, 1.165) is 5.56 Å². The van der Waals surface area contributed by atoms with Gasteiger partial charge in [-0.2, -0.15) is 0 Å². The van der Waals surface area contributed by atoms with Crippen LogP contribution in [-0.4, -0.2) is 23.7 Å². The highest BCUT2D eigenvalue weighted by atomic mass is 19.1. The lowest BCUT2D eigenvalue weighted by Gasteiger charge is -2.02. The van der Waals surface area contributed by atoms with Gasteiger partial charge in [0, 0.05) is 19.2 Å². The first-order valence-corrected chi connectivity index (χ1v) is 5.76. The van der Waals surface area contributed by atoms with Crippen molar-refractivity contribution in [1.29, 1.82) is 0 Å². The Hall–Kier alpha value is -2.37. The summed E-state index contributed by atoms with van der Waals surface area (Å²) in [6.07, 6.45) is 3.45. The molecule has 0 aliphatic heterocycles. The van der Waals surface area contributed by atoms with Crippen LogP contribution in [0.1, 0.15) is 18.4 Å². The number of carbonyl (C=O) groups is 2. The number of carbonyl (C=O) groups excluding carboxylic acids is 1. The summed E-state index contributed by atoms with van der Waals surface area (Å²) >= 11 is 0. The number of aliphatic carboxylic acids is 1. The van der Waals surface area contributed by atoms with Crippen LogP contribution < -0.4 is 10.6 Å². The summed E-state index contributed by atoms with van der Waals surface area (Å²) in [7, 11) is 0. The number of benzene rings is 1. The standard InChI is InChI=1S/C13H15FN2O3/c14-11-5-3-10(4-6-11)7-9-16-13(19)15-8-1-2-12(17)18/h3-7,9H,1-2,8H2,(H,17,18)(H2,15,16,19)/b9-7+. The van der Waals surface area contributed by atoms with Gasteiger partial charge >= 0.3 is 12.0 Å². The fourth-order valence-corrected chi connectivity index (χ4v) is 1.28. The van der Waals surface area contributed by atoms with Crippen molar-refractivity contribution in [1.82, 2.24) is 10.6 Å². The Bertz CT molecular complexity index is 457. The Morgan fingerprint density at radius 3 is 2.58 bits per heavy atom. The van der Waals surface area contributed by atoms with Gasteiger partial charge in [0.1, 0.15) is 5.82 Å². The first-order chi connectivity index (χ1) is 9.08. The van der Waals surface area contributed by atoms with E-state index in [2.05, 4.69) is 10.6 Å². The molecule has 1 rings (SSSR count). The van der Waals surface area contributed by atoms with Crippen LogP contribution in [0.15, 0.2) is 30.5 Å². The number of hydrogen-bond acceptors (Lipinski definition) is 2. The lowest BCUT2D eigenvalue weighted by atomic mass is 10.2. The van der Waals surface area contributed by atoms with Crippen LogP contribution >= 0.6 is 0 Å². The maximum atomic E-state index is 12.6. The maximum Gasteiger partial charge on any atom is 0.318 e. The minimum Gasteiger partial charge on any atom is -0.481 e. The smallest absolute Gasteiger partial charge is 0.318 e. The van der Waals surface area contributed by atoms with Crippen molar-refractivity contribution in [3.8, 4) is 0 Å². The van der Waals surface area contributed by atoms with E-state index in [1.165, 1.54) is 18.3 Å². The summed E-state index contributed by atoms with van der Waals surface area (Å²) in [4.78, 5) is 21.5. The van der Waals surface area contributed by atoms with E-state index >= 15 is 0 Å². The third-order valence-corrected chi connectivity index (χ3v) is 2.21. The number of rotatable bonds is 6. The molecule has 5 nitrogen and oxygen atoms in total. The molecule has 6 heteroatoms. The Morgan fingerprint density at radius 1 is 1.26 bits per heavy atom. The molecule has 0 spiro atoms. The Morgan fingerprint density at radius 2 is 1.95 bits per heavy atom. The topological polar surface area (TPSA) is 78.4 Å². The van der Waals surface area contributed by atoms with E-state index in [-0.39, 0.29) is 12.2 Å². The second-order valence-electron chi connectivity index (χ2n) is 3.78. The molecule has 0 unspecified atom stereocenters. The summed E-state index contributed by atoms with van der Waals surface area (Å²) in [6.45, 7) is 0.294. The predicted octanol–water partition coefficient (Wildman–Crippen LogP) is 1.96. The van der Waals surface area contributed by atoms with Crippen LogP contribution in [0.4, 0.5) is 9.18 Å². The first kappa shape index (κ1) is 14.7. The molecule has 0 radical (unpaired) electrons. The van der Waals surface area contributed by atoms with Gasteiger partial charge in [-0.25, -0.2) is 9.18 Å². The van der Waals surface area contributed by atoms with Gasteiger partial charge in [0.25, 0.3) is 0 Å². The van der Waals surface area contributed by atoms with E-state index in [1.807, 2.05) is 0 Å². The summed E-state index contributed by atoms with van der Waals surface area (Å²) in [5.74, 6) is -1.21. The van der Waals surface area contributed by atoms with Crippen LogP contribution in [0.5, 0.6) is 0 Å². The molecule has 0 atom stereocenters. The predicted molar refractivity (Wildman–Crippen MR) is 68.8 cm³/mol. The van der Waals surface area contributed by atoms with Crippen molar-refractivity contribution in [2.45, 2.75) is 12.8 Å². The SMILES string of the molecule is O=C(O)CCCNC(=O)N/C=C/c1ccc(F)cc1. The van der Waals surface area contributed by atoms with Crippen molar-refractivity contribution < 1.29 is 19.1 Å². The first-order valence-electron chi connectivity index (χ1n) is 5.76. The van der Waals surface area contributed by atoms with Crippen LogP contribution in [-0.2, 0) is 4.79 Å². The molecule has 0 aliphatic rings. The van der Waals surface area contributed by atoms with Gasteiger partial charge in [-0.15, -0.1) is 0 Å². The van der Waals surface area contributed by atoms with E-state index in [4.69, 9.17) is 5.11 Å². The monoisotopic (exact) mass is 266 g/mol. The van der Waals surface area contributed by atoms with Crippen molar-refractivity contribution in [3.63, 3.8) is 0 Å². The molecule has 102 valence electrons. The lowest BCUT2D eigenvalue weighted by molar-refractivity contribution is -0.137. The molecule has 1 aromatic rings. The van der Waals surface area contributed by atoms with Crippen LogP contribution in [0, 0.1) is 5.82 Å². The molecule has 0 aromatic heterocycles. The number of halogens is 1. The van der Waals surface area contributed by atoms with E-state index in [0.29, 0.717) is 13.0 Å². The van der Waals surface area contributed by atoms with Crippen molar-refractivity contribution in [2.75, 3.05) is 6.54 Å². The fraction of sp³-hybridized carbons (Fsp3) is 0.231. The normalized spacial score (nSPS) is 10.4. The molecule has 0 fully saturated rings. The van der Waals surface area contributed by atoms with Crippen molar-refractivity contribution >= 4 is 18.1 Å². The zero-order chi connectivity index (χ0) is 14.1. The Kier molecular flexibility index (Phi) is 6.08. The molecule has 0 heterocycles. The van der Waals surface area contributed by atoms with Crippen molar-refractivity contribution in [2.24, 2.45) is 0 Å². The van der Waals surface area contributed by atoms with E-state index in [9.17, 15) is 14.0 Å². The molecule has 0 bridgehead atoms. The van der Waals surface area contributed by atoms with Crippen LogP contribution in [0.2, 0.25) is 0 Å².